The second-order valence-electron chi connectivity index (χ2n) is 4.63. The molecule has 1 heterocycles. The Kier molecular flexibility index (Phi) is 4.89. The molecule has 1 aromatic heterocycles. The quantitative estimate of drug-likeness (QED) is 0.845. The molecule has 2 aromatic rings. The number of rotatable bonds is 5. The van der Waals surface area contributed by atoms with E-state index in [4.69, 9.17) is 16.3 Å². The minimum Gasteiger partial charge on any atom is -0.492 e. The Bertz CT molecular complexity index is 598. The highest BCUT2D eigenvalue weighted by molar-refractivity contribution is 7.11. The maximum atomic E-state index is 6.20. The summed E-state index contributed by atoms with van der Waals surface area (Å²) in [6.45, 7) is 8.76. The number of hydrogen-bond donors (Lipinski definition) is 1. The molecule has 0 aliphatic heterocycles. The van der Waals surface area contributed by atoms with Crippen molar-refractivity contribution in [1.82, 2.24) is 4.98 Å². The lowest BCUT2D eigenvalue weighted by Gasteiger charge is -2.15. The number of nitrogens with zero attached hydrogens (tertiary/aromatic N) is 1. The Morgan fingerprint density at radius 2 is 2.15 bits per heavy atom. The van der Waals surface area contributed by atoms with Crippen molar-refractivity contribution in [2.75, 3.05) is 11.9 Å². The largest absolute Gasteiger partial charge is 0.492 e. The zero-order valence-corrected chi connectivity index (χ0v) is 13.7. The number of thiazole rings is 1. The number of aromatic nitrogens is 1. The molecule has 0 amide bonds. The molecule has 0 saturated carbocycles. The summed E-state index contributed by atoms with van der Waals surface area (Å²) in [7, 11) is 0. The number of halogens is 1. The van der Waals surface area contributed by atoms with Crippen LogP contribution in [0, 0.1) is 13.8 Å². The van der Waals surface area contributed by atoms with Crippen LogP contribution in [0.25, 0.3) is 0 Å². The van der Waals surface area contributed by atoms with Crippen molar-refractivity contribution < 1.29 is 4.74 Å². The Balaban J connectivity index is 2.13. The molecule has 108 valence electrons. The fourth-order valence-electron chi connectivity index (χ4n) is 2.13. The monoisotopic (exact) mass is 310 g/mol. The second-order valence-corrected chi connectivity index (χ2v) is 6.27. The number of aryl methyl sites for hydroxylation is 2. The Hall–Kier alpha value is -1.26. The molecular formula is C15H19ClN2OS. The fourth-order valence-corrected chi connectivity index (χ4v) is 3.29. The molecular weight excluding hydrogens is 292 g/mol. The van der Waals surface area contributed by atoms with E-state index in [9.17, 15) is 0 Å². The van der Waals surface area contributed by atoms with Gasteiger partial charge in [-0.3, -0.25) is 0 Å². The topological polar surface area (TPSA) is 34.1 Å². The summed E-state index contributed by atoms with van der Waals surface area (Å²) in [6, 6.07) is 5.98. The van der Waals surface area contributed by atoms with Gasteiger partial charge in [0.15, 0.2) is 0 Å². The summed E-state index contributed by atoms with van der Waals surface area (Å²) >= 11 is 7.92. The van der Waals surface area contributed by atoms with Gasteiger partial charge in [0.1, 0.15) is 5.75 Å². The van der Waals surface area contributed by atoms with E-state index in [0.29, 0.717) is 11.6 Å². The molecule has 0 saturated heterocycles. The van der Waals surface area contributed by atoms with E-state index in [1.54, 1.807) is 11.3 Å². The summed E-state index contributed by atoms with van der Waals surface area (Å²) in [5, 5.41) is 5.17. The average molecular weight is 311 g/mol. The van der Waals surface area contributed by atoms with Crippen molar-refractivity contribution in [1.29, 1.82) is 0 Å². The predicted octanol–water partition coefficient (Wildman–Crippen LogP) is 4.99. The number of nitrogens with one attached hydrogen (secondary N) is 1. The normalized spacial score (nSPS) is 12.2. The molecule has 1 unspecified atom stereocenters. The highest BCUT2D eigenvalue weighted by Gasteiger charge is 2.13. The zero-order valence-electron chi connectivity index (χ0n) is 12.2. The van der Waals surface area contributed by atoms with Crippen molar-refractivity contribution in [2.45, 2.75) is 33.7 Å². The molecule has 3 nitrogen and oxygen atoms in total. The molecule has 0 spiro atoms. The first kappa shape index (κ1) is 15.1. The minimum absolute atomic E-state index is 0.204. The van der Waals surface area contributed by atoms with E-state index in [2.05, 4.69) is 17.2 Å². The third kappa shape index (κ3) is 3.44. The SMILES string of the molecule is CCOc1ccc(NC(C)c2sc(C)nc2C)cc1Cl. The Labute approximate surface area is 129 Å². The van der Waals surface area contributed by atoms with E-state index in [0.717, 1.165) is 22.1 Å². The summed E-state index contributed by atoms with van der Waals surface area (Å²) in [4.78, 5) is 5.72. The van der Waals surface area contributed by atoms with Gasteiger partial charge in [0.25, 0.3) is 0 Å². The second kappa shape index (κ2) is 6.46. The van der Waals surface area contributed by atoms with Crippen LogP contribution in [-0.4, -0.2) is 11.6 Å². The Morgan fingerprint density at radius 3 is 2.70 bits per heavy atom. The average Bonchev–Trinajstić information content (AvgIpc) is 2.72. The third-order valence-corrected chi connectivity index (χ3v) is 4.50. The molecule has 0 aliphatic carbocycles. The van der Waals surface area contributed by atoms with Crippen molar-refractivity contribution in [2.24, 2.45) is 0 Å². The number of hydrogen-bond acceptors (Lipinski definition) is 4. The first-order valence-electron chi connectivity index (χ1n) is 6.64. The minimum atomic E-state index is 0.204. The standard InChI is InChI=1S/C15H19ClN2OS/c1-5-19-14-7-6-12(8-13(14)16)18-10(3)15-9(2)17-11(4)20-15/h6-8,10,18H,5H2,1-4H3. The van der Waals surface area contributed by atoms with Gasteiger partial charge in [0.05, 0.1) is 28.4 Å². The molecule has 0 radical (unpaired) electrons. The number of ether oxygens (including phenoxy) is 1. The van der Waals surface area contributed by atoms with Gasteiger partial charge in [-0.25, -0.2) is 4.98 Å². The van der Waals surface area contributed by atoms with Crippen LogP contribution in [0.4, 0.5) is 5.69 Å². The van der Waals surface area contributed by atoms with Crippen LogP contribution in [0.3, 0.4) is 0 Å². The van der Waals surface area contributed by atoms with Gasteiger partial charge < -0.3 is 10.1 Å². The van der Waals surface area contributed by atoms with Gasteiger partial charge in [-0.2, -0.15) is 0 Å². The molecule has 1 atom stereocenters. The molecule has 1 N–H and O–H groups in total. The summed E-state index contributed by atoms with van der Waals surface area (Å²) in [6.07, 6.45) is 0. The molecule has 20 heavy (non-hydrogen) atoms. The van der Waals surface area contributed by atoms with E-state index < -0.39 is 0 Å². The fraction of sp³-hybridized carbons (Fsp3) is 0.400. The van der Waals surface area contributed by atoms with Crippen LogP contribution in [0.15, 0.2) is 18.2 Å². The highest BCUT2D eigenvalue weighted by Crippen LogP contribution is 2.31. The van der Waals surface area contributed by atoms with Crippen LogP contribution < -0.4 is 10.1 Å². The van der Waals surface area contributed by atoms with Gasteiger partial charge in [0.2, 0.25) is 0 Å². The lowest BCUT2D eigenvalue weighted by molar-refractivity contribution is 0.340. The lowest BCUT2D eigenvalue weighted by atomic mass is 10.2. The summed E-state index contributed by atoms with van der Waals surface area (Å²) in [5.74, 6) is 0.720. The van der Waals surface area contributed by atoms with Crippen LogP contribution in [0.1, 0.15) is 35.5 Å². The molecule has 2 rings (SSSR count). The highest BCUT2D eigenvalue weighted by atomic mass is 35.5. The van der Waals surface area contributed by atoms with Gasteiger partial charge in [-0.05, 0) is 45.9 Å². The molecule has 0 aliphatic rings. The van der Waals surface area contributed by atoms with Crippen molar-refractivity contribution in [3.63, 3.8) is 0 Å². The maximum absolute atomic E-state index is 6.20. The van der Waals surface area contributed by atoms with E-state index >= 15 is 0 Å². The van der Waals surface area contributed by atoms with Crippen molar-refractivity contribution in [3.05, 3.63) is 38.8 Å². The molecule has 5 heteroatoms. The van der Waals surface area contributed by atoms with Crippen molar-refractivity contribution in [3.8, 4) is 5.75 Å². The molecule has 0 bridgehead atoms. The summed E-state index contributed by atoms with van der Waals surface area (Å²) in [5.41, 5.74) is 2.07. The van der Waals surface area contributed by atoms with Crippen LogP contribution in [0.5, 0.6) is 5.75 Å². The van der Waals surface area contributed by atoms with E-state index in [-0.39, 0.29) is 6.04 Å². The van der Waals surface area contributed by atoms with E-state index in [1.165, 1.54) is 4.88 Å². The molecule has 1 aromatic carbocycles. The predicted molar refractivity (Wildman–Crippen MR) is 86.2 cm³/mol. The summed E-state index contributed by atoms with van der Waals surface area (Å²) < 4.78 is 5.44. The van der Waals surface area contributed by atoms with Crippen molar-refractivity contribution >= 4 is 28.6 Å². The first-order valence-corrected chi connectivity index (χ1v) is 7.83. The Morgan fingerprint density at radius 1 is 1.40 bits per heavy atom. The maximum Gasteiger partial charge on any atom is 0.138 e. The van der Waals surface area contributed by atoms with Gasteiger partial charge >= 0.3 is 0 Å². The van der Waals surface area contributed by atoms with Gasteiger partial charge in [0, 0.05) is 10.6 Å². The van der Waals surface area contributed by atoms with Crippen LogP contribution >= 0.6 is 22.9 Å². The molecule has 0 fully saturated rings. The van der Waals surface area contributed by atoms with Crippen LogP contribution in [0.2, 0.25) is 5.02 Å². The zero-order chi connectivity index (χ0) is 14.7. The smallest absolute Gasteiger partial charge is 0.138 e. The van der Waals surface area contributed by atoms with Gasteiger partial charge in [-0.15, -0.1) is 11.3 Å². The van der Waals surface area contributed by atoms with Gasteiger partial charge in [-0.1, -0.05) is 11.6 Å². The number of benzene rings is 1. The number of anilines is 1. The first-order chi connectivity index (χ1) is 9.51. The third-order valence-electron chi connectivity index (χ3n) is 2.95. The lowest BCUT2D eigenvalue weighted by Crippen LogP contribution is -2.06. The van der Waals surface area contributed by atoms with Crippen LogP contribution in [-0.2, 0) is 0 Å². The van der Waals surface area contributed by atoms with E-state index in [1.807, 2.05) is 39.0 Å².